The van der Waals surface area contributed by atoms with E-state index in [2.05, 4.69) is 0 Å². The summed E-state index contributed by atoms with van der Waals surface area (Å²) in [4.78, 5) is 0.440. The lowest BCUT2D eigenvalue weighted by atomic mass is 9.34. The van der Waals surface area contributed by atoms with Crippen molar-refractivity contribution >= 4 is 40.2 Å². The number of para-hydroxylation sites is 3. The second-order valence-corrected chi connectivity index (χ2v) is 9.67. The Hall–Kier alpha value is -6.00. The van der Waals surface area contributed by atoms with Crippen molar-refractivity contribution < 1.29 is 46.5 Å². The van der Waals surface area contributed by atoms with Gasteiger partial charge in [-0.1, -0.05) is 121 Å². The third-order valence-corrected chi connectivity index (χ3v) is 7.20. The minimum absolute atomic E-state index is 0.427. The smallest absolute Gasteiger partial charge is 0.260 e. The van der Waals surface area contributed by atoms with E-state index in [4.69, 9.17) is 41.0 Å². The van der Waals surface area contributed by atoms with Crippen LogP contribution in [0.5, 0.6) is 23.0 Å². The first kappa shape index (κ1) is 10.8. The van der Waals surface area contributed by atoms with Crippen LogP contribution < -0.4 is 30.8 Å². The molecule has 0 N–H and O–H groups in total. The van der Waals surface area contributed by atoms with Gasteiger partial charge in [0.05, 0.1) is 37.0 Å². The van der Waals surface area contributed by atoms with E-state index in [0.29, 0.717) is 4.90 Å². The first-order valence-electron chi connectivity index (χ1n) is 26.9. The Bertz CT molecular complexity index is 3570. The minimum atomic E-state index is -1.92. The van der Waals surface area contributed by atoms with Gasteiger partial charge in [0.1, 0.15) is 23.0 Å². The standard InChI is InChI=1S/C42H28BNO2/c1-5-15-29(16-6-1)34-28-35(30-17-7-2-8-18-30)42-40-41(34)45-38-24-14-13-23-36(38)43(40)37-26-25-33(27-39(37)46-42)44(31-19-9-3-10-20-31)32-21-11-4-12-22-32/h1-28H/i1D,2D,3D,4D,5D,6D,7D,8D,9D,10D,11D,12D,13D,14D,15D,16D,17D,18D,19D,20D,21D,22D,23D,24D,25D,26D,27D. The maximum absolute atomic E-state index is 9.94. The molecule has 0 aliphatic carbocycles. The fraction of sp³-hybridized carbons (Fsp3) is 0. The molecule has 46 heavy (non-hydrogen) atoms. The molecule has 2 heterocycles. The molecule has 4 heteroatoms. The van der Waals surface area contributed by atoms with E-state index in [-0.39, 0.29) is 0 Å². The van der Waals surface area contributed by atoms with Crippen LogP contribution in [0, 0.1) is 0 Å². The summed E-state index contributed by atoms with van der Waals surface area (Å²) >= 11 is 0. The van der Waals surface area contributed by atoms with Gasteiger partial charge >= 0.3 is 0 Å². The summed E-state index contributed by atoms with van der Waals surface area (Å²) in [6.45, 7) is -1.92. The highest BCUT2D eigenvalue weighted by molar-refractivity contribution is 6.98. The molecule has 2 aliphatic rings. The van der Waals surface area contributed by atoms with Crippen LogP contribution in [0.3, 0.4) is 0 Å². The molecule has 3 nitrogen and oxygen atoms in total. The van der Waals surface area contributed by atoms with Crippen LogP contribution in [0.2, 0.25) is 0 Å². The molecule has 0 atom stereocenters. The lowest BCUT2D eigenvalue weighted by Gasteiger charge is -2.36. The average molecular weight is 617 g/mol. The van der Waals surface area contributed by atoms with E-state index < -0.39 is 249 Å². The lowest BCUT2D eigenvalue weighted by molar-refractivity contribution is 0.467. The predicted octanol–water partition coefficient (Wildman–Crippen LogP) is 9.22. The van der Waals surface area contributed by atoms with Crippen LogP contribution in [-0.4, -0.2) is 6.71 Å². The van der Waals surface area contributed by atoms with Gasteiger partial charge in [0.2, 0.25) is 0 Å². The number of rotatable bonds is 5. The maximum atomic E-state index is 9.94. The summed E-state index contributed by atoms with van der Waals surface area (Å²) in [5.41, 5.74) is -6.82. The Labute approximate surface area is 307 Å². The number of anilines is 3. The Morgan fingerprint density at radius 3 is 1.52 bits per heavy atom. The summed E-state index contributed by atoms with van der Waals surface area (Å²) in [7, 11) is 0. The van der Waals surface area contributed by atoms with Gasteiger partial charge in [0.15, 0.2) is 0 Å². The first-order chi connectivity index (χ1) is 34.0. The predicted molar refractivity (Wildman–Crippen MR) is 190 cm³/mol. The topological polar surface area (TPSA) is 21.7 Å². The molecule has 0 radical (unpaired) electrons. The fourth-order valence-electron chi connectivity index (χ4n) is 5.35. The molecule has 216 valence electrons. The van der Waals surface area contributed by atoms with E-state index in [9.17, 15) is 5.48 Å². The molecule has 0 aromatic heterocycles. The summed E-state index contributed by atoms with van der Waals surface area (Å²) in [6, 6.07) is -24.7. The van der Waals surface area contributed by atoms with Gasteiger partial charge in [0, 0.05) is 39.7 Å². The van der Waals surface area contributed by atoms with E-state index in [1.165, 1.54) is 0 Å². The van der Waals surface area contributed by atoms with Crippen molar-refractivity contribution in [2.45, 2.75) is 0 Å². The van der Waals surface area contributed by atoms with Crippen LogP contribution in [0.4, 0.5) is 17.1 Å². The second kappa shape index (κ2) is 10.9. The molecule has 0 spiro atoms. The zero-order valence-corrected chi connectivity index (χ0v) is 22.9. The number of fused-ring (bicyclic) bond motifs is 4. The molecular weight excluding hydrogens is 561 g/mol. The maximum Gasteiger partial charge on any atom is 0.260 e. The number of ether oxygens (including phenoxy) is 2. The van der Waals surface area contributed by atoms with Gasteiger partial charge in [-0.15, -0.1) is 0 Å². The molecule has 0 saturated carbocycles. The van der Waals surface area contributed by atoms with Crippen molar-refractivity contribution in [3.05, 3.63) is 169 Å². The third kappa shape index (κ3) is 4.30. The number of hydrogen-bond acceptors (Lipinski definition) is 3. The van der Waals surface area contributed by atoms with Crippen LogP contribution in [0.1, 0.15) is 37.0 Å². The molecule has 9 rings (SSSR count). The number of nitrogens with zero attached hydrogens (tertiary/aromatic N) is 1. The van der Waals surface area contributed by atoms with E-state index in [1.54, 1.807) is 0 Å². The van der Waals surface area contributed by atoms with Gasteiger partial charge in [-0.25, -0.2) is 0 Å². The zero-order valence-electron chi connectivity index (χ0n) is 49.9. The molecule has 7 aromatic rings. The van der Waals surface area contributed by atoms with Crippen molar-refractivity contribution in [1.29, 1.82) is 0 Å². The van der Waals surface area contributed by atoms with Crippen molar-refractivity contribution in [3.8, 4) is 45.3 Å². The summed E-state index contributed by atoms with van der Waals surface area (Å²) in [5.74, 6) is -2.74. The van der Waals surface area contributed by atoms with Crippen LogP contribution in [0.25, 0.3) is 22.3 Å². The Morgan fingerprint density at radius 1 is 0.457 bits per heavy atom. The quantitative estimate of drug-likeness (QED) is 0.180. The lowest BCUT2D eigenvalue weighted by Crippen LogP contribution is -2.57. The summed E-state index contributed by atoms with van der Waals surface area (Å²) in [5, 5.41) is 0. The van der Waals surface area contributed by atoms with Crippen molar-refractivity contribution in [2.75, 3.05) is 4.90 Å². The van der Waals surface area contributed by atoms with Gasteiger partial charge in [-0.3, -0.25) is 0 Å². The van der Waals surface area contributed by atoms with Crippen molar-refractivity contribution in [1.82, 2.24) is 0 Å². The van der Waals surface area contributed by atoms with E-state index in [0.717, 1.165) is 6.07 Å². The molecule has 0 bridgehead atoms. The van der Waals surface area contributed by atoms with Gasteiger partial charge in [0.25, 0.3) is 6.71 Å². The Morgan fingerprint density at radius 2 is 0.935 bits per heavy atom. The Balaban J connectivity index is 1.53. The summed E-state index contributed by atoms with van der Waals surface area (Å²) < 4.78 is 251. The van der Waals surface area contributed by atoms with E-state index >= 15 is 0 Å². The second-order valence-electron chi connectivity index (χ2n) is 9.67. The molecule has 0 amide bonds. The van der Waals surface area contributed by atoms with Gasteiger partial charge in [-0.05, 0) is 64.4 Å². The molecule has 0 saturated heterocycles. The Kier molecular flexibility index (Phi) is 2.56. The molecular formula is C42H28BNO2. The largest absolute Gasteiger partial charge is 0.458 e. The molecule has 2 aliphatic heterocycles. The molecule has 0 unspecified atom stereocenters. The number of hydrogen-bond donors (Lipinski definition) is 0. The number of benzene rings is 7. The first-order valence-corrected chi connectivity index (χ1v) is 13.4. The van der Waals surface area contributed by atoms with E-state index in [1.807, 2.05) is 0 Å². The third-order valence-electron chi connectivity index (χ3n) is 7.20. The normalized spacial score (nSPS) is 20.4. The highest BCUT2D eigenvalue weighted by atomic mass is 16.5. The summed E-state index contributed by atoms with van der Waals surface area (Å²) in [6.07, 6.45) is 0. The van der Waals surface area contributed by atoms with Gasteiger partial charge < -0.3 is 14.4 Å². The molecule has 0 fully saturated rings. The highest BCUT2D eigenvalue weighted by Gasteiger charge is 2.42. The van der Waals surface area contributed by atoms with Crippen LogP contribution in [-0.2, 0) is 0 Å². The zero-order chi connectivity index (χ0) is 53.9. The monoisotopic (exact) mass is 616 g/mol. The SMILES string of the molecule is [2H]c1c([2H])c([2H])c(-c2cc(-c3c([2H])c([2H])c([2H])c([2H])c3[2H])c3c4c2Oc2c([2H])c([2H])c([2H])c([2H])c2B4c2c([2H])c([2H])c(N(c4c([2H])c([2H])c([2H])c([2H])c4[2H])c4c([2H])c([2H])c([2H])c([2H])c4[2H])c([2H])c2O3)c([2H])c1[2H]. The van der Waals surface area contributed by atoms with Crippen LogP contribution >= 0.6 is 0 Å². The minimum Gasteiger partial charge on any atom is -0.458 e. The molecule has 7 aromatic carbocycles. The van der Waals surface area contributed by atoms with Crippen LogP contribution in [0.15, 0.2) is 169 Å². The fourth-order valence-corrected chi connectivity index (χ4v) is 5.35. The van der Waals surface area contributed by atoms with Crippen molar-refractivity contribution in [3.63, 3.8) is 0 Å². The average Bonchev–Trinajstić information content (AvgIpc) is 3.36. The highest BCUT2D eigenvalue weighted by Crippen LogP contribution is 2.47. The van der Waals surface area contributed by atoms with Gasteiger partial charge in [-0.2, -0.15) is 0 Å². The van der Waals surface area contributed by atoms with Crippen molar-refractivity contribution in [2.24, 2.45) is 0 Å².